The zero-order chi connectivity index (χ0) is 19.3. The number of halogens is 1. The summed E-state index contributed by atoms with van der Waals surface area (Å²) in [7, 11) is 0. The molecule has 1 amide bonds. The molecule has 28 heavy (non-hydrogen) atoms. The van der Waals surface area contributed by atoms with Crippen LogP contribution in [0.5, 0.6) is 0 Å². The van der Waals surface area contributed by atoms with Gasteiger partial charge in [0.2, 0.25) is 5.91 Å². The van der Waals surface area contributed by atoms with Crippen molar-refractivity contribution in [2.45, 2.75) is 12.8 Å². The summed E-state index contributed by atoms with van der Waals surface area (Å²) in [6.45, 7) is 1.41. The van der Waals surface area contributed by atoms with E-state index in [1.807, 2.05) is 42.5 Å². The van der Waals surface area contributed by atoms with Crippen LogP contribution in [0.2, 0.25) is 0 Å². The summed E-state index contributed by atoms with van der Waals surface area (Å²) in [4.78, 5) is 14.7. The second-order valence-corrected chi connectivity index (χ2v) is 6.93. The number of rotatable bonds is 4. The van der Waals surface area contributed by atoms with Gasteiger partial charge < -0.3 is 10.2 Å². The summed E-state index contributed by atoms with van der Waals surface area (Å²) in [6, 6.07) is 19.8. The lowest BCUT2D eigenvalue weighted by Gasteiger charge is -2.32. The molecule has 1 aromatic heterocycles. The van der Waals surface area contributed by atoms with E-state index in [2.05, 4.69) is 20.4 Å². The highest BCUT2D eigenvalue weighted by Gasteiger charge is 2.27. The summed E-state index contributed by atoms with van der Waals surface area (Å²) in [5, 5.41) is 11.5. The first kappa shape index (κ1) is 18.1. The second-order valence-electron chi connectivity index (χ2n) is 6.93. The Morgan fingerprint density at radius 3 is 2.64 bits per heavy atom. The quantitative estimate of drug-likeness (QED) is 0.744. The third kappa shape index (κ3) is 4.17. The Hall–Kier alpha value is -3.28. The van der Waals surface area contributed by atoms with E-state index >= 15 is 0 Å². The van der Waals surface area contributed by atoms with E-state index in [-0.39, 0.29) is 17.6 Å². The van der Waals surface area contributed by atoms with E-state index in [1.165, 1.54) is 12.1 Å². The topological polar surface area (TPSA) is 58.1 Å². The van der Waals surface area contributed by atoms with E-state index < -0.39 is 0 Å². The maximum atomic E-state index is 13.3. The predicted molar refractivity (Wildman–Crippen MR) is 107 cm³/mol. The Balaban J connectivity index is 1.42. The van der Waals surface area contributed by atoms with Gasteiger partial charge in [-0.15, -0.1) is 10.2 Å². The first-order chi connectivity index (χ1) is 13.7. The molecule has 1 atom stereocenters. The molecular weight excluding hydrogens is 355 g/mol. The molecule has 3 aromatic rings. The molecule has 1 fully saturated rings. The largest absolute Gasteiger partial charge is 0.354 e. The molecule has 0 radical (unpaired) electrons. The highest BCUT2D eigenvalue weighted by molar-refractivity contribution is 5.93. The summed E-state index contributed by atoms with van der Waals surface area (Å²) >= 11 is 0. The molecule has 1 aliphatic heterocycles. The van der Waals surface area contributed by atoms with Gasteiger partial charge in [-0.2, -0.15) is 0 Å². The Kier molecular flexibility index (Phi) is 5.28. The monoisotopic (exact) mass is 376 g/mol. The Morgan fingerprint density at radius 1 is 1.04 bits per heavy atom. The van der Waals surface area contributed by atoms with E-state index in [1.54, 1.807) is 12.1 Å². The highest BCUT2D eigenvalue weighted by Crippen LogP contribution is 2.24. The fraction of sp³-hybridized carbons (Fsp3) is 0.227. The lowest BCUT2D eigenvalue weighted by molar-refractivity contribution is -0.120. The van der Waals surface area contributed by atoms with E-state index in [4.69, 9.17) is 0 Å². The van der Waals surface area contributed by atoms with Gasteiger partial charge in [-0.05, 0) is 43.2 Å². The van der Waals surface area contributed by atoms with E-state index in [9.17, 15) is 9.18 Å². The van der Waals surface area contributed by atoms with Crippen molar-refractivity contribution in [3.8, 4) is 11.3 Å². The van der Waals surface area contributed by atoms with Crippen LogP contribution in [0.15, 0.2) is 66.7 Å². The molecular formula is C22H21FN4O. The molecule has 0 spiro atoms. The van der Waals surface area contributed by atoms with Gasteiger partial charge in [0.25, 0.3) is 0 Å². The fourth-order valence-corrected chi connectivity index (χ4v) is 3.47. The Labute approximate surface area is 163 Å². The summed E-state index contributed by atoms with van der Waals surface area (Å²) in [6.07, 6.45) is 1.69. The van der Waals surface area contributed by atoms with Crippen LogP contribution < -0.4 is 10.2 Å². The van der Waals surface area contributed by atoms with Crippen molar-refractivity contribution in [2.24, 2.45) is 5.92 Å². The number of anilines is 2. The van der Waals surface area contributed by atoms with Crippen molar-refractivity contribution in [1.29, 1.82) is 0 Å². The number of benzene rings is 2. The van der Waals surface area contributed by atoms with Gasteiger partial charge in [-0.3, -0.25) is 4.79 Å². The smallest absolute Gasteiger partial charge is 0.229 e. The minimum Gasteiger partial charge on any atom is -0.354 e. The minimum absolute atomic E-state index is 0.0934. The van der Waals surface area contributed by atoms with Gasteiger partial charge in [-0.1, -0.05) is 36.4 Å². The van der Waals surface area contributed by atoms with Crippen molar-refractivity contribution in [3.05, 3.63) is 72.5 Å². The predicted octanol–water partition coefficient (Wildman–Crippen LogP) is 4.14. The lowest BCUT2D eigenvalue weighted by Crippen LogP contribution is -2.41. The molecule has 2 aromatic carbocycles. The van der Waals surface area contributed by atoms with Crippen LogP contribution in [0.4, 0.5) is 15.9 Å². The normalized spacial score (nSPS) is 16.6. The number of amides is 1. The van der Waals surface area contributed by atoms with Crippen LogP contribution >= 0.6 is 0 Å². The SMILES string of the molecule is O=C(Nc1cccc(F)c1)[C@H]1CCCN(c2ccc(-c3ccccc3)nn2)C1. The van der Waals surface area contributed by atoms with Gasteiger partial charge in [0.1, 0.15) is 5.82 Å². The molecule has 4 rings (SSSR count). The van der Waals surface area contributed by atoms with Crippen LogP contribution in [0.3, 0.4) is 0 Å². The van der Waals surface area contributed by atoms with Crippen molar-refractivity contribution in [2.75, 3.05) is 23.3 Å². The molecule has 142 valence electrons. The zero-order valence-electron chi connectivity index (χ0n) is 15.4. The van der Waals surface area contributed by atoms with Crippen LogP contribution in [0, 0.1) is 11.7 Å². The molecule has 6 heteroatoms. The minimum atomic E-state index is -0.364. The fourth-order valence-electron chi connectivity index (χ4n) is 3.47. The number of carbonyl (C=O) groups is 1. The van der Waals surface area contributed by atoms with Crippen molar-refractivity contribution < 1.29 is 9.18 Å². The number of carbonyl (C=O) groups excluding carboxylic acids is 1. The first-order valence-corrected chi connectivity index (χ1v) is 9.39. The van der Waals surface area contributed by atoms with Gasteiger partial charge in [0.05, 0.1) is 11.6 Å². The molecule has 5 nitrogen and oxygen atoms in total. The molecule has 0 aliphatic carbocycles. The van der Waals surface area contributed by atoms with Crippen LogP contribution in [-0.2, 0) is 4.79 Å². The molecule has 0 unspecified atom stereocenters. The third-order valence-corrected chi connectivity index (χ3v) is 4.93. The van der Waals surface area contributed by atoms with Gasteiger partial charge in [0.15, 0.2) is 5.82 Å². The number of piperidine rings is 1. The molecule has 1 saturated heterocycles. The van der Waals surface area contributed by atoms with E-state index in [0.29, 0.717) is 12.2 Å². The van der Waals surface area contributed by atoms with Crippen LogP contribution in [0.1, 0.15) is 12.8 Å². The van der Waals surface area contributed by atoms with Gasteiger partial charge >= 0.3 is 0 Å². The van der Waals surface area contributed by atoms with Crippen molar-refractivity contribution in [1.82, 2.24) is 10.2 Å². The van der Waals surface area contributed by atoms with Crippen LogP contribution in [-0.4, -0.2) is 29.2 Å². The Bertz CT molecular complexity index is 946. The maximum absolute atomic E-state index is 13.3. The van der Waals surface area contributed by atoms with Crippen LogP contribution in [0.25, 0.3) is 11.3 Å². The first-order valence-electron chi connectivity index (χ1n) is 9.39. The molecule has 0 saturated carbocycles. The standard InChI is InChI=1S/C22H21FN4O/c23-18-9-4-10-19(14-18)24-22(28)17-8-5-13-27(15-17)21-12-11-20(25-26-21)16-6-2-1-3-7-16/h1-4,6-7,9-12,14,17H,5,8,13,15H2,(H,24,28)/t17-/m0/s1. The summed E-state index contributed by atoms with van der Waals surface area (Å²) in [5.74, 6) is 0.136. The number of nitrogens with one attached hydrogen (secondary N) is 1. The number of aromatic nitrogens is 2. The Morgan fingerprint density at radius 2 is 1.89 bits per heavy atom. The number of nitrogens with zero attached hydrogens (tertiary/aromatic N) is 3. The molecule has 1 N–H and O–H groups in total. The zero-order valence-corrected chi connectivity index (χ0v) is 15.4. The summed E-state index contributed by atoms with van der Waals surface area (Å²) in [5.41, 5.74) is 2.32. The lowest BCUT2D eigenvalue weighted by atomic mass is 9.97. The van der Waals surface area contributed by atoms with Gasteiger partial charge in [0, 0.05) is 24.3 Å². The number of hydrogen-bond donors (Lipinski definition) is 1. The second kappa shape index (κ2) is 8.17. The highest BCUT2D eigenvalue weighted by atomic mass is 19.1. The molecule has 0 bridgehead atoms. The maximum Gasteiger partial charge on any atom is 0.229 e. The molecule has 2 heterocycles. The third-order valence-electron chi connectivity index (χ3n) is 4.93. The number of hydrogen-bond acceptors (Lipinski definition) is 4. The van der Waals surface area contributed by atoms with E-state index in [0.717, 1.165) is 36.5 Å². The molecule has 1 aliphatic rings. The average molecular weight is 376 g/mol. The average Bonchev–Trinajstić information content (AvgIpc) is 2.75. The van der Waals surface area contributed by atoms with Crippen molar-refractivity contribution >= 4 is 17.4 Å². The van der Waals surface area contributed by atoms with Crippen molar-refractivity contribution in [3.63, 3.8) is 0 Å². The summed E-state index contributed by atoms with van der Waals surface area (Å²) < 4.78 is 13.3. The van der Waals surface area contributed by atoms with Gasteiger partial charge in [-0.25, -0.2) is 4.39 Å².